The molecule has 0 unspecified atom stereocenters. The Balaban J connectivity index is 2.19. The van der Waals surface area contributed by atoms with Gasteiger partial charge in [0.2, 0.25) is 0 Å². The van der Waals surface area contributed by atoms with Gasteiger partial charge in [-0.05, 0) is 25.9 Å². The van der Waals surface area contributed by atoms with Gasteiger partial charge in [0, 0.05) is 13.0 Å². The Labute approximate surface area is 88.2 Å². The molecule has 0 radical (unpaired) electrons. The van der Waals surface area contributed by atoms with E-state index in [1.54, 1.807) is 7.05 Å². The summed E-state index contributed by atoms with van der Waals surface area (Å²) >= 11 is 0. The zero-order valence-corrected chi connectivity index (χ0v) is 8.75. The van der Waals surface area contributed by atoms with Gasteiger partial charge in [0.15, 0.2) is 0 Å². The zero-order chi connectivity index (χ0) is 10.7. The van der Waals surface area contributed by atoms with E-state index in [9.17, 15) is 4.79 Å². The average molecular weight is 209 g/mol. The maximum atomic E-state index is 11.5. The van der Waals surface area contributed by atoms with Crippen LogP contribution in [0.25, 0.3) is 0 Å². The van der Waals surface area contributed by atoms with Crippen LogP contribution in [0.5, 0.6) is 0 Å². The van der Waals surface area contributed by atoms with Gasteiger partial charge in [-0.1, -0.05) is 5.16 Å². The molecule has 0 bridgehead atoms. The lowest BCUT2D eigenvalue weighted by Gasteiger charge is -2.20. The van der Waals surface area contributed by atoms with Crippen LogP contribution < -0.4 is 10.6 Å². The highest BCUT2D eigenvalue weighted by molar-refractivity contribution is 5.94. The molecule has 1 aliphatic heterocycles. The summed E-state index contributed by atoms with van der Waals surface area (Å²) in [5.41, 5.74) is 1.38. The number of piperidine rings is 1. The van der Waals surface area contributed by atoms with Gasteiger partial charge >= 0.3 is 0 Å². The molecule has 0 atom stereocenters. The Morgan fingerprint density at radius 2 is 2.33 bits per heavy atom. The number of carbonyl (C=O) groups excluding carboxylic acids is 1. The minimum atomic E-state index is -0.121. The van der Waals surface area contributed by atoms with Crippen molar-refractivity contribution in [3.8, 4) is 0 Å². The number of hydrogen-bond acceptors (Lipinski definition) is 4. The summed E-state index contributed by atoms with van der Waals surface area (Å²) in [4.78, 5) is 11.5. The van der Waals surface area contributed by atoms with E-state index in [2.05, 4.69) is 15.8 Å². The molecular formula is C10H15N3O2. The van der Waals surface area contributed by atoms with Crippen LogP contribution >= 0.6 is 0 Å². The summed E-state index contributed by atoms with van der Waals surface area (Å²) in [6.45, 7) is 1.95. The van der Waals surface area contributed by atoms with Crippen LogP contribution in [0.2, 0.25) is 0 Å². The first kappa shape index (κ1) is 10.2. The molecule has 0 aliphatic carbocycles. The van der Waals surface area contributed by atoms with E-state index in [1.165, 1.54) is 6.26 Å². The lowest BCUT2D eigenvalue weighted by Crippen LogP contribution is -2.28. The molecule has 1 aromatic rings. The monoisotopic (exact) mass is 209 g/mol. The Bertz CT molecular complexity index is 342. The van der Waals surface area contributed by atoms with E-state index < -0.39 is 0 Å². The van der Waals surface area contributed by atoms with E-state index >= 15 is 0 Å². The number of nitrogens with zero attached hydrogens (tertiary/aromatic N) is 1. The van der Waals surface area contributed by atoms with E-state index in [0.29, 0.717) is 11.5 Å². The lowest BCUT2D eigenvalue weighted by atomic mass is 9.92. The molecule has 15 heavy (non-hydrogen) atoms. The summed E-state index contributed by atoms with van der Waals surface area (Å²) in [7, 11) is 1.61. The van der Waals surface area contributed by atoms with Crippen molar-refractivity contribution in [2.45, 2.75) is 18.8 Å². The van der Waals surface area contributed by atoms with Gasteiger partial charge in [0.25, 0.3) is 5.91 Å². The molecule has 0 aromatic carbocycles. The number of hydrogen-bond donors (Lipinski definition) is 2. The molecule has 2 N–H and O–H groups in total. The average Bonchev–Trinajstić information content (AvgIpc) is 2.78. The molecule has 1 saturated heterocycles. The summed E-state index contributed by atoms with van der Waals surface area (Å²) in [6, 6.07) is 0. The second-order valence-electron chi connectivity index (χ2n) is 3.72. The third-order valence-electron chi connectivity index (χ3n) is 2.80. The first-order chi connectivity index (χ1) is 7.33. The number of rotatable bonds is 2. The maximum absolute atomic E-state index is 11.5. The first-order valence-corrected chi connectivity index (χ1v) is 5.20. The van der Waals surface area contributed by atoms with Crippen molar-refractivity contribution < 1.29 is 9.32 Å². The summed E-state index contributed by atoms with van der Waals surface area (Å²) < 4.78 is 4.89. The molecule has 0 spiro atoms. The quantitative estimate of drug-likeness (QED) is 0.744. The van der Waals surface area contributed by atoms with Crippen molar-refractivity contribution in [3.63, 3.8) is 0 Å². The second-order valence-corrected chi connectivity index (χ2v) is 3.72. The van der Waals surface area contributed by atoms with Crippen molar-refractivity contribution in [3.05, 3.63) is 17.5 Å². The molecule has 1 amide bonds. The van der Waals surface area contributed by atoms with Crippen LogP contribution in [0, 0.1) is 0 Å². The molecule has 1 aliphatic rings. The zero-order valence-electron chi connectivity index (χ0n) is 8.75. The first-order valence-electron chi connectivity index (χ1n) is 5.20. The summed E-state index contributed by atoms with van der Waals surface area (Å²) in [6.07, 6.45) is 3.45. The van der Waals surface area contributed by atoms with E-state index in [4.69, 9.17) is 4.52 Å². The van der Waals surface area contributed by atoms with Gasteiger partial charge in [-0.15, -0.1) is 0 Å². The Morgan fingerprint density at radius 3 is 3.00 bits per heavy atom. The third-order valence-corrected chi connectivity index (χ3v) is 2.80. The molecule has 5 nitrogen and oxygen atoms in total. The van der Waals surface area contributed by atoms with Crippen molar-refractivity contribution in [1.82, 2.24) is 15.8 Å². The van der Waals surface area contributed by atoms with Crippen LogP contribution in [0.3, 0.4) is 0 Å². The Morgan fingerprint density at radius 1 is 1.60 bits per heavy atom. The molecule has 0 saturated carbocycles. The summed E-state index contributed by atoms with van der Waals surface area (Å²) in [5, 5.41) is 9.82. The largest absolute Gasteiger partial charge is 0.364 e. The van der Waals surface area contributed by atoms with Gasteiger partial charge in [-0.25, -0.2) is 0 Å². The number of amides is 1. The van der Waals surface area contributed by atoms with Crippen molar-refractivity contribution in [2.24, 2.45) is 0 Å². The number of carbonyl (C=O) groups is 1. The fourth-order valence-electron chi connectivity index (χ4n) is 1.94. The highest BCUT2D eigenvalue weighted by Gasteiger charge is 2.24. The van der Waals surface area contributed by atoms with Crippen molar-refractivity contribution in [2.75, 3.05) is 20.1 Å². The summed E-state index contributed by atoms with van der Waals surface area (Å²) in [5.74, 6) is 0.224. The standard InChI is InChI=1S/C10H15N3O2/c1-11-10(14)8-6-15-13-9(8)7-2-4-12-5-3-7/h6-7,12H,2-5H2,1H3,(H,11,14). The highest BCUT2D eigenvalue weighted by Crippen LogP contribution is 2.26. The van der Waals surface area contributed by atoms with Crippen molar-refractivity contribution in [1.29, 1.82) is 0 Å². The Kier molecular flexibility index (Phi) is 3.01. The van der Waals surface area contributed by atoms with Gasteiger partial charge in [-0.2, -0.15) is 0 Å². The normalized spacial score (nSPS) is 17.7. The van der Waals surface area contributed by atoms with E-state index in [1.807, 2.05) is 0 Å². The van der Waals surface area contributed by atoms with E-state index in [0.717, 1.165) is 31.6 Å². The molecular weight excluding hydrogens is 194 g/mol. The van der Waals surface area contributed by atoms with Crippen molar-refractivity contribution >= 4 is 5.91 Å². The lowest BCUT2D eigenvalue weighted by molar-refractivity contribution is 0.0961. The molecule has 82 valence electrons. The smallest absolute Gasteiger partial charge is 0.256 e. The van der Waals surface area contributed by atoms with Crippen LogP contribution in [0.15, 0.2) is 10.8 Å². The second kappa shape index (κ2) is 4.44. The molecule has 2 heterocycles. The predicted octanol–water partition coefficient (Wildman–Crippen LogP) is 0.501. The third kappa shape index (κ3) is 2.02. The van der Waals surface area contributed by atoms with Crippen LogP contribution in [-0.4, -0.2) is 31.2 Å². The Hall–Kier alpha value is -1.36. The van der Waals surface area contributed by atoms with E-state index in [-0.39, 0.29) is 5.91 Å². The topological polar surface area (TPSA) is 67.2 Å². The molecule has 5 heteroatoms. The SMILES string of the molecule is CNC(=O)c1conc1C1CCNCC1. The number of aromatic nitrogens is 1. The maximum Gasteiger partial charge on any atom is 0.256 e. The van der Waals surface area contributed by atoms with Gasteiger partial charge < -0.3 is 15.2 Å². The van der Waals surface area contributed by atoms with Gasteiger partial charge in [0.1, 0.15) is 11.8 Å². The fraction of sp³-hybridized carbons (Fsp3) is 0.600. The molecule has 2 rings (SSSR count). The number of nitrogens with one attached hydrogen (secondary N) is 2. The minimum absolute atomic E-state index is 0.121. The van der Waals surface area contributed by atoms with Gasteiger partial charge in [0.05, 0.1) is 5.69 Å². The minimum Gasteiger partial charge on any atom is -0.364 e. The molecule has 1 aromatic heterocycles. The van der Waals surface area contributed by atoms with Crippen LogP contribution in [-0.2, 0) is 0 Å². The van der Waals surface area contributed by atoms with Crippen LogP contribution in [0.1, 0.15) is 34.8 Å². The fourth-order valence-corrected chi connectivity index (χ4v) is 1.94. The molecule has 1 fully saturated rings. The highest BCUT2D eigenvalue weighted by atomic mass is 16.5. The van der Waals surface area contributed by atoms with Crippen LogP contribution in [0.4, 0.5) is 0 Å². The predicted molar refractivity (Wildman–Crippen MR) is 54.7 cm³/mol. The van der Waals surface area contributed by atoms with Gasteiger partial charge in [-0.3, -0.25) is 4.79 Å².